The van der Waals surface area contributed by atoms with E-state index in [9.17, 15) is 9.59 Å². The van der Waals surface area contributed by atoms with Gasteiger partial charge >= 0.3 is 0 Å². The highest BCUT2D eigenvalue weighted by Crippen LogP contribution is 2.20. The predicted octanol–water partition coefficient (Wildman–Crippen LogP) is 3.60. The third-order valence-electron chi connectivity index (χ3n) is 4.63. The maximum absolute atomic E-state index is 12.6. The van der Waals surface area contributed by atoms with Crippen LogP contribution in [0.5, 0.6) is 0 Å². The Bertz CT molecular complexity index is 1140. The molecule has 6 heteroatoms. The van der Waals surface area contributed by atoms with Crippen LogP contribution in [-0.4, -0.2) is 15.7 Å². The van der Waals surface area contributed by atoms with Crippen LogP contribution in [0, 0.1) is 25.2 Å². The highest BCUT2D eigenvalue weighted by molar-refractivity contribution is 5.93. The molecule has 0 fully saturated rings. The molecule has 1 atom stereocenters. The van der Waals surface area contributed by atoms with Gasteiger partial charge < -0.3 is 5.32 Å². The molecular weight excluding hydrogens is 352 g/mol. The Balaban J connectivity index is 1.89. The van der Waals surface area contributed by atoms with Crippen LogP contribution in [0.3, 0.4) is 0 Å². The number of hydrogen-bond acceptors (Lipinski definition) is 4. The number of anilines is 1. The first kappa shape index (κ1) is 19.1. The lowest BCUT2D eigenvalue weighted by molar-refractivity contribution is -0.119. The second-order valence-corrected chi connectivity index (χ2v) is 6.66. The first-order valence-electron chi connectivity index (χ1n) is 8.87. The van der Waals surface area contributed by atoms with Crippen LogP contribution >= 0.6 is 0 Å². The third-order valence-corrected chi connectivity index (χ3v) is 4.63. The smallest absolute Gasteiger partial charge is 0.267 e. The minimum absolute atomic E-state index is 0.360. The van der Waals surface area contributed by atoms with Crippen LogP contribution < -0.4 is 10.9 Å². The average molecular weight is 372 g/mol. The fourth-order valence-corrected chi connectivity index (χ4v) is 2.78. The number of hydrogen-bond donors (Lipinski definition) is 1. The van der Waals surface area contributed by atoms with Crippen molar-refractivity contribution in [2.75, 3.05) is 5.32 Å². The molecule has 1 N–H and O–H groups in total. The fraction of sp³-hybridized carbons (Fsp3) is 0.182. The summed E-state index contributed by atoms with van der Waals surface area (Å²) in [6, 6.07) is 16.8. The van der Waals surface area contributed by atoms with E-state index in [1.54, 1.807) is 37.3 Å². The van der Waals surface area contributed by atoms with Gasteiger partial charge in [0.2, 0.25) is 5.91 Å². The molecular formula is C22H20N4O2. The third kappa shape index (κ3) is 3.99. The van der Waals surface area contributed by atoms with Gasteiger partial charge in [0, 0.05) is 17.3 Å². The van der Waals surface area contributed by atoms with Gasteiger partial charge in [-0.15, -0.1) is 0 Å². The number of benzene rings is 2. The number of aryl methyl sites for hydroxylation is 2. The van der Waals surface area contributed by atoms with Crippen LogP contribution in [-0.2, 0) is 4.79 Å². The SMILES string of the molecule is Cc1ccc(-c2ccc(=O)n([C@@H](C)C(=O)Nc3cccc(C#N)c3)n2)cc1C. The topological polar surface area (TPSA) is 87.8 Å². The molecule has 1 heterocycles. The summed E-state index contributed by atoms with van der Waals surface area (Å²) in [4.78, 5) is 24.9. The monoisotopic (exact) mass is 372 g/mol. The number of rotatable bonds is 4. The lowest BCUT2D eigenvalue weighted by Crippen LogP contribution is -2.33. The van der Waals surface area contributed by atoms with Gasteiger partial charge in [0.25, 0.3) is 5.56 Å². The number of nitrogens with one attached hydrogen (secondary N) is 1. The summed E-state index contributed by atoms with van der Waals surface area (Å²) in [5, 5.41) is 16.1. The Labute approximate surface area is 163 Å². The van der Waals surface area contributed by atoms with Crippen molar-refractivity contribution in [1.82, 2.24) is 9.78 Å². The van der Waals surface area contributed by atoms with E-state index in [1.807, 2.05) is 38.1 Å². The molecule has 6 nitrogen and oxygen atoms in total. The van der Waals surface area contributed by atoms with Crippen molar-refractivity contribution in [2.24, 2.45) is 0 Å². The molecule has 3 rings (SSSR count). The van der Waals surface area contributed by atoms with E-state index >= 15 is 0 Å². The second kappa shape index (κ2) is 7.89. The van der Waals surface area contributed by atoms with Crippen LogP contribution in [0.4, 0.5) is 5.69 Å². The molecule has 0 unspecified atom stereocenters. The zero-order valence-electron chi connectivity index (χ0n) is 15.9. The molecule has 0 bridgehead atoms. The van der Waals surface area contributed by atoms with E-state index < -0.39 is 6.04 Å². The molecule has 2 aromatic carbocycles. The van der Waals surface area contributed by atoms with Crippen LogP contribution in [0.15, 0.2) is 59.4 Å². The molecule has 0 aliphatic heterocycles. The summed E-state index contributed by atoms with van der Waals surface area (Å²) in [7, 11) is 0. The molecule has 1 amide bonds. The minimum Gasteiger partial charge on any atom is -0.324 e. The summed E-state index contributed by atoms with van der Waals surface area (Å²) in [5.74, 6) is -0.387. The Kier molecular flexibility index (Phi) is 5.37. The van der Waals surface area contributed by atoms with Gasteiger partial charge in [-0.3, -0.25) is 9.59 Å². The van der Waals surface area contributed by atoms with Crippen molar-refractivity contribution in [3.05, 3.63) is 81.6 Å². The van der Waals surface area contributed by atoms with Crippen molar-refractivity contribution < 1.29 is 4.79 Å². The van der Waals surface area contributed by atoms with E-state index in [0.29, 0.717) is 16.9 Å². The van der Waals surface area contributed by atoms with E-state index in [2.05, 4.69) is 10.4 Å². The predicted molar refractivity (Wildman–Crippen MR) is 108 cm³/mol. The van der Waals surface area contributed by atoms with Gasteiger partial charge in [-0.2, -0.15) is 10.4 Å². The van der Waals surface area contributed by atoms with Gasteiger partial charge in [-0.25, -0.2) is 4.68 Å². The second-order valence-electron chi connectivity index (χ2n) is 6.66. The zero-order valence-corrected chi connectivity index (χ0v) is 15.9. The number of carbonyl (C=O) groups excluding carboxylic acids is 1. The van der Waals surface area contributed by atoms with Gasteiger partial charge in [-0.05, 0) is 62.2 Å². The maximum atomic E-state index is 12.6. The Morgan fingerprint density at radius 2 is 1.89 bits per heavy atom. The highest BCUT2D eigenvalue weighted by Gasteiger charge is 2.18. The van der Waals surface area contributed by atoms with E-state index in [4.69, 9.17) is 5.26 Å². The lowest BCUT2D eigenvalue weighted by Gasteiger charge is -2.15. The standard InChI is InChI=1S/C22H20N4O2/c1-14-7-8-18(11-15(14)2)20-9-10-21(27)26(25-20)16(3)22(28)24-19-6-4-5-17(12-19)13-23/h4-12,16H,1-3H3,(H,24,28)/t16-/m0/s1. The molecule has 28 heavy (non-hydrogen) atoms. The molecule has 0 spiro atoms. The normalized spacial score (nSPS) is 11.5. The van der Waals surface area contributed by atoms with Crippen LogP contribution in [0.1, 0.15) is 29.7 Å². The highest BCUT2D eigenvalue weighted by atomic mass is 16.2. The van der Waals surface area contributed by atoms with E-state index in [-0.39, 0.29) is 11.5 Å². The molecule has 0 aliphatic carbocycles. The molecule has 0 saturated carbocycles. The van der Waals surface area contributed by atoms with Gasteiger partial charge in [0.05, 0.1) is 17.3 Å². The summed E-state index contributed by atoms with van der Waals surface area (Å²) < 4.78 is 1.17. The number of aromatic nitrogens is 2. The molecule has 3 aromatic rings. The van der Waals surface area contributed by atoms with E-state index in [0.717, 1.165) is 11.1 Å². The van der Waals surface area contributed by atoms with Gasteiger partial charge in [-0.1, -0.05) is 18.2 Å². The number of carbonyl (C=O) groups is 1. The Hall–Kier alpha value is -3.72. The number of amides is 1. The Morgan fingerprint density at radius 3 is 2.61 bits per heavy atom. The maximum Gasteiger partial charge on any atom is 0.267 e. The molecule has 0 aliphatic rings. The summed E-state index contributed by atoms with van der Waals surface area (Å²) in [5.41, 5.74) is 4.37. The van der Waals surface area contributed by atoms with E-state index in [1.165, 1.54) is 16.3 Å². The first-order valence-corrected chi connectivity index (χ1v) is 8.87. The summed E-state index contributed by atoms with van der Waals surface area (Å²) in [6.07, 6.45) is 0. The van der Waals surface area contributed by atoms with Crippen molar-refractivity contribution in [1.29, 1.82) is 5.26 Å². The van der Waals surface area contributed by atoms with Crippen LogP contribution in [0.2, 0.25) is 0 Å². The van der Waals surface area contributed by atoms with Crippen molar-refractivity contribution in [2.45, 2.75) is 26.8 Å². The average Bonchev–Trinajstić information content (AvgIpc) is 2.70. The molecule has 0 saturated heterocycles. The van der Waals surface area contributed by atoms with Gasteiger partial charge in [0.15, 0.2) is 0 Å². The zero-order chi connectivity index (χ0) is 20.3. The minimum atomic E-state index is -0.815. The largest absolute Gasteiger partial charge is 0.324 e. The quantitative estimate of drug-likeness (QED) is 0.758. The van der Waals surface area contributed by atoms with Crippen molar-refractivity contribution in [3.63, 3.8) is 0 Å². The number of nitriles is 1. The van der Waals surface area contributed by atoms with Crippen LogP contribution in [0.25, 0.3) is 11.3 Å². The summed E-state index contributed by atoms with van der Waals surface area (Å²) >= 11 is 0. The van der Waals surface area contributed by atoms with Gasteiger partial charge in [0.1, 0.15) is 6.04 Å². The first-order chi connectivity index (χ1) is 13.4. The molecule has 1 aromatic heterocycles. The fourth-order valence-electron chi connectivity index (χ4n) is 2.78. The summed E-state index contributed by atoms with van der Waals surface area (Å²) in [6.45, 7) is 5.66. The molecule has 0 radical (unpaired) electrons. The Morgan fingerprint density at radius 1 is 1.11 bits per heavy atom. The van der Waals surface area contributed by atoms with Crippen molar-refractivity contribution in [3.8, 4) is 17.3 Å². The molecule has 140 valence electrons. The lowest BCUT2D eigenvalue weighted by atomic mass is 10.0. The number of nitrogens with zero attached hydrogens (tertiary/aromatic N) is 3. The van der Waals surface area contributed by atoms with Crippen molar-refractivity contribution >= 4 is 11.6 Å².